The molecule has 1 aliphatic rings. The average Bonchev–Trinajstić information content (AvgIpc) is 2.77. The summed E-state index contributed by atoms with van der Waals surface area (Å²) in [5, 5.41) is 6.46. The van der Waals surface area contributed by atoms with Gasteiger partial charge in [-0.3, -0.25) is 4.79 Å². The molecule has 4 N–H and O–H groups in total. The van der Waals surface area contributed by atoms with Crippen LogP contribution in [0, 0.1) is 0 Å². The molecule has 154 valence electrons. The molecule has 0 aliphatic carbocycles. The number of para-hydroxylation sites is 1. The predicted molar refractivity (Wildman–Crippen MR) is 116 cm³/mol. The summed E-state index contributed by atoms with van der Waals surface area (Å²) in [6, 6.07) is 10.7. The van der Waals surface area contributed by atoms with Crippen LogP contribution in [-0.4, -0.2) is 47.2 Å². The quantitative estimate of drug-likeness (QED) is 0.551. The molecule has 0 spiro atoms. The molecule has 1 aliphatic heterocycles. The third kappa shape index (κ3) is 4.58. The fourth-order valence-corrected chi connectivity index (χ4v) is 3.16. The van der Waals surface area contributed by atoms with Crippen molar-refractivity contribution in [3.8, 4) is 0 Å². The number of aromatic nitrogens is 3. The lowest BCUT2D eigenvalue weighted by Crippen LogP contribution is -2.36. The van der Waals surface area contributed by atoms with E-state index < -0.39 is 5.91 Å². The summed E-state index contributed by atoms with van der Waals surface area (Å²) in [6.07, 6.45) is 3.19. The van der Waals surface area contributed by atoms with Crippen LogP contribution in [0.4, 0.5) is 29.0 Å². The van der Waals surface area contributed by atoms with Crippen molar-refractivity contribution < 1.29 is 9.53 Å². The number of pyridine rings is 1. The Morgan fingerprint density at radius 2 is 1.87 bits per heavy atom. The Morgan fingerprint density at radius 3 is 2.60 bits per heavy atom. The fraction of sp³-hybridized carbons (Fsp3) is 0.200. The van der Waals surface area contributed by atoms with Gasteiger partial charge in [0.2, 0.25) is 5.95 Å². The Bertz CT molecular complexity index is 1040. The van der Waals surface area contributed by atoms with Crippen molar-refractivity contribution in [3.05, 3.63) is 59.4 Å². The molecule has 3 aromatic rings. The van der Waals surface area contributed by atoms with Gasteiger partial charge >= 0.3 is 0 Å². The van der Waals surface area contributed by atoms with Crippen molar-refractivity contribution in [2.45, 2.75) is 0 Å². The summed E-state index contributed by atoms with van der Waals surface area (Å²) in [6.45, 7) is 3.05. The van der Waals surface area contributed by atoms with E-state index in [0.717, 1.165) is 24.6 Å². The first kappa shape index (κ1) is 19.9. The highest BCUT2D eigenvalue weighted by Gasteiger charge is 2.13. The molecule has 1 amide bonds. The number of hydrogen-bond acceptors (Lipinski definition) is 8. The highest BCUT2D eigenvalue weighted by molar-refractivity contribution is 6.33. The molecule has 0 radical (unpaired) electrons. The van der Waals surface area contributed by atoms with E-state index >= 15 is 0 Å². The van der Waals surface area contributed by atoms with Gasteiger partial charge in [-0.1, -0.05) is 23.7 Å². The number of rotatable bonds is 6. The molecule has 3 heterocycles. The molecule has 0 saturated carbocycles. The Kier molecular flexibility index (Phi) is 5.92. The number of nitrogens with zero attached hydrogens (tertiary/aromatic N) is 4. The molecular formula is C20H20ClN7O2. The Hall–Kier alpha value is -3.43. The van der Waals surface area contributed by atoms with Gasteiger partial charge < -0.3 is 26.0 Å². The van der Waals surface area contributed by atoms with Gasteiger partial charge in [0.05, 0.1) is 42.5 Å². The van der Waals surface area contributed by atoms with E-state index in [1.54, 1.807) is 30.5 Å². The number of carbonyl (C=O) groups is 1. The molecular weight excluding hydrogens is 406 g/mol. The number of ether oxygens (including phenoxy) is 1. The van der Waals surface area contributed by atoms with Gasteiger partial charge in [0.1, 0.15) is 10.8 Å². The maximum Gasteiger partial charge on any atom is 0.250 e. The standard InChI is InChI=1S/C20H20ClN7O2/c21-15-12-24-20(27-19(15)26-16-4-2-1-3-14(16)18(22)29)25-13-5-6-17(23-11-13)28-7-9-30-10-8-28/h1-6,11-12H,7-10H2,(H2,22,29)(H2,24,25,26,27). The number of nitrogens with one attached hydrogen (secondary N) is 2. The summed E-state index contributed by atoms with van der Waals surface area (Å²) < 4.78 is 5.37. The molecule has 1 aromatic carbocycles. The molecule has 0 unspecified atom stereocenters. The van der Waals surface area contributed by atoms with Crippen molar-refractivity contribution >= 4 is 46.5 Å². The SMILES string of the molecule is NC(=O)c1ccccc1Nc1nc(Nc2ccc(N3CCOCC3)nc2)ncc1Cl. The van der Waals surface area contributed by atoms with E-state index in [1.807, 2.05) is 12.1 Å². The smallest absolute Gasteiger partial charge is 0.250 e. The van der Waals surface area contributed by atoms with Crippen LogP contribution >= 0.6 is 11.6 Å². The largest absolute Gasteiger partial charge is 0.378 e. The summed E-state index contributed by atoms with van der Waals surface area (Å²) in [5.41, 5.74) is 7.01. The number of carbonyl (C=O) groups excluding carboxylic acids is 1. The van der Waals surface area contributed by atoms with E-state index in [-0.39, 0.29) is 0 Å². The number of morpholine rings is 1. The summed E-state index contributed by atoms with van der Waals surface area (Å²) >= 11 is 6.23. The number of nitrogens with two attached hydrogens (primary N) is 1. The Morgan fingerprint density at radius 1 is 1.07 bits per heavy atom. The Labute approximate surface area is 178 Å². The molecule has 30 heavy (non-hydrogen) atoms. The lowest BCUT2D eigenvalue weighted by atomic mass is 10.1. The molecule has 1 saturated heterocycles. The Balaban J connectivity index is 1.50. The van der Waals surface area contributed by atoms with Crippen LogP contribution < -0.4 is 21.3 Å². The maximum atomic E-state index is 11.6. The zero-order valence-corrected chi connectivity index (χ0v) is 16.8. The number of hydrogen-bond donors (Lipinski definition) is 3. The molecule has 10 heteroatoms. The highest BCUT2D eigenvalue weighted by Crippen LogP contribution is 2.27. The third-order valence-electron chi connectivity index (χ3n) is 4.53. The van der Waals surface area contributed by atoms with Crippen LogP contribution in [0.1, 0.15) is 10.4 Å². The van der Waals surface area contributed by atoms with E-state index in [9.17, 15) is 4.79 Å². The van der Waals surface area contributed by atoms with Crippen molar-refractivity contribution in [2.75, 3.05) is 41.8 Å². The first-order chi connectivity index (χ1) is 14.6. The van der Waals surface area contributed by atoms with Crippen LogP contribution in [0.2, 0.25) is 5.02 Å². The van der Waals surface area contributed by atoms with Crippen molar-refractivity contribution in [1.29, 1.82) is 0 Å². The van der Waals surface area contributed by atoms with Crippen LogP contribution in [-0.2, 0) is 4.74 Å². The summed E-state index contributed by atoms with van der Waals surface area (Å²) in [7, 11) is 0. The third-order valence-corrected chi connectivity index (χ3v) is 4.81. The second kappa shape index (κ2) is 8.93. The molecule has 9 nitrogen and oxygen atoms in total. The number of halogens is 1. The van der Waals surface area contributed by atoms with Crippen LogP contribution in [0.15, 0.2) is 48.8 Å². The second-order valence-corrected chi connectivity index (χ2v) is 6.96. The number of amides is 1. The minimum absolute atomic E-state index is 0.306. The van der Waals surface area contributed by atoms with Crippen molar-refractivity contribution in [3.63, 3.8) is 0 Å². The lowest BCUT2D eigenvalue weighted by Gasteiger charge is -2.27. The average molecular weight is 426 g/mol. The minimum atomic E-state index is -0.548. The van der Waals surface area contributed by atoms with Crippen LogP contribution in [0.25, 0.3) is 0 Å². The van der Waals surface area contributed by atoms with Gasteiger partial charge in [-0.2, -0.15) is 4.98 Å². The summed E-state index contributed by atoms with van der Waals surface area (Å²) in [5.74, 6) is 1.03. The van der Waals surface area contributed by atoms with Gasteiger partial charge in [0.15, 0.2) is 5.82 Å². The van der Waals surface area contributed by atoms with E-state index in [0.29, 0.717) is 41.3 Å². The number of benzene rings is 1. The van der Waals surface area contributed by atoms with Gasteiger partial charge in [0.25, 0.3) is 5.91 Å². The van der Waals surface area contributed by atoms with Gasteiger partial charge in [-0.25, -0.2) is 9.97 Å². The van der Waals surface area contributed by atoms with E-state index in [4.69, 9.17) is 22.1 Å². The normalized spacial score (nSPS) is 13.7. The summed E-state index contributed by atoms with van der Waals surface area (Å²) in [4.78, 5) is 26.9. The topological polar surface area (TPSA) is 118 Å². The first-order valence-corrected chi connectivity index (χ1v) is 9.72. The van der Waals surface area contributed by atoms with Crippen molar-refractivity contribution in [1.82, 2.24) is 15.0 Å². The zero-order chi connectivity index (χ0) is 20.9. The maximum absolute atomic E-state index is 11.6. The second-order valence-electron chi connectivity index (χ2n) is 6.55. The van der Waals surface area contributed by atoms with Gasteiger partial charge in [-0.05, 0) is 24.3 Å². The molecule has 2 aromatic heterocycles. The minimum Gasteiger partial charge on any atom is -0.378 e. The van der Waals surface area contributed by atoms with Crippen molar-refractivity contribution in [2.24, 2.45) is 5.73 Å². The lowest BCUT2D eigenvalue weighted by molar-refractivity contribution is 0.100. The zero-order valence-electron chi connectivity index (χ0n) is 16.0. The number of anilines is 5. The van der Waals surface area contributed by atoms with E-state index in [2.05, 4.69) is 30.5 Å². The monoisotopic (exact) mass is 425 g/mol. The number of primary amides is 1. The molecule has 0 bridgehead atoms. The van der Waals surface area contributed by atoms with Gasteiger partial charge in [-0.15, -0.1) is 0 Å². The van der Waals surface area contributed by atoms with E-state index in [1.165, 1.54) is 6.20 Å². The molecule has 1 fully saturated rings. The highest BCUT2D eigenvalue weighted by atomic mass is 35.5. The first-order valence-electron chi connectivity index (χ1n) is 9.34. The fourth-order valence-electron chi connectivity index (χ4n) is 3.02. The molecule has 0 atom stereocenters. The van der Waals surface area contributed by atoms with Crippen LogP contribution in [0.3, 0.4) is 0 Å². The predicted octanol–water partition coefficient (Wildman–Crippen LogP) is 2.95. The van der Waals surface area contributed by atoms with Crippen LogP contribution in [0.5, 0.6) is 0 Å². The van der Waals surface area contributed by atoms with Gasteiger partial charge in [0, 0.05) is 13.1 Å². The molecule has 4 rings (SSSR count).